The largest absolute Gasteiger partial charge is 0.497 e. The number of ether oxygens (including phenoxy) is 1. The van der Waals surface area contributed by atoms with E-state index in [-0.39, 0.29) is 29.7 Å². The molecule has 1 aromatic heterocycles. The lowest BCUT2D eigenvalue weighted by Crippen LogP contribution is -2.36. The Morgan fingerprint density at radius 3 is 2.56 bits per heavy atom. The number of carbonyl (C=O) groups excluding carboxylic acids is 2. The Balaban J connectivity index is 1.62. The molecule has 0 radical (unpaired) electrons. The fourth-order valence-electron chi connectivity index (χ4n) is 3.64. The van der Waals surface area contributed by atoms with Crippen LogP contribution in [0.5, 0.6) is 5.75 Å². The minimum atomic E-state index is -0.953. The van der Waals surface area contributed by atoms with Gasteiger partial charge in [0.15, 0.2) is 0 Å². The van der Waals surface area contributed by atoms with Crippen LogP contribution in [-0.2, 0) is 9.59 Å². The van der Waals surface area contributed by atoms with E-state index < -0.39 is 17.4 Å². The number of aromatic amines is 1. The second-order valence-corrected chi connectivity index (χ2v) is 7.64. The summed E-state index contributed by atoms with van der Waals surface area (Å²) in [4.78, 5) is 45.1. The van der Waals surface area contributed by atoms with Crippen molar-refractivity contribution in [2.45, 2.75) is 26.2 Å². The second-order valence-electron chi connectivity index (χ2n) is 7.64. The Bertz CT molecular complexity index is 1250. The number of methoxy groups -OCH3 is 1. The zero-order valence-electron chi connectivity index (χ0n) is 17.9. The normalized spacial score (nSPS) is 14.8. The van der Waals surface area contributed by atoms with Gasteiger partial charge in [0.2, 0.25) is 17.8 Å². The molecule has 0 unspecified atom stereocenters. The van der Waals surface area contributed by atoms with Crippen LogP contribution in [0.15, 0.2) is 47.3 Å². The number of aryl methyl sites for hydroxylation is 2. The highest BCUT2D eigenvalue weighted by Gasteiger charge is 2.35. The van der Waals surface area contributed by atoms with Gasteiger partial charge < -0.3 is 20.7 Å². The number of fused-ring (bicyclic) bond motifs is 1. The van der Waals surface area contributed by atoms with Gasteiger partial charge in [0.05, 0.1) is 18.6 Å². The Kier molecular flexibility index (Phi) is 5.63. The molecule has 0 bridgehead atoms. The number of H-pyrrole nitrogens is 1. The van der Waals surface area contributed by atoms with Crippen LogP contribution in [0.3, 0.4) is 0 Å². The van der Waals surface area contributed by atoms with Crippen molar-refractivity contribution >= 4 is 35.0 Å². The lowest BCUT2D eigenvalue weighted by atomic mass is 9.92. The molecule has 3 aromatic rings. The summed E-state index contributed by atoms with van der Waals surface area (Å²) in [7, 11) is 1.57. The molecule has 0 spiro atoms. The maximum atomic E-state index is 13.0. The predicted molar refractivity (Wildman–Crippen MR) is 122 cm³/mol. The molecular weight excluding hydrogens is 410 g/mol. The highest BCUT2D eigenvalue weighted by Crippen LogP contribution is 2.30. The number of hydrogen-bond acceptors (Lipinski definition) is 6. The van der Waals surface area contributed by atoms with E-state index in [2.05, 4.69) is 25.9 Å². The Morgan fingerprint density at radius 1 is 1.12 bits per heavy atom. The number of amides is 2. The Hall–Kier alpha value is -4.14. The van der Waals surface area contributed by atoms with Crippen molar-refractivity contribution < 1.29 is 14.3 Å². The average Bonchev–Trinajstić information content (AvgIpc) is 2.75. The Morgan fingerprint density at radius 2 is 1.88 bits per heavy atom. The van der Waals surface area contributed by atoms with Crippen LogP contribution in [0.4, 0.5) is 23.1 Å². The van der Waals surface area contributed by atoms with Crippen molar-refractivity contribution in [1.29, 1.82) is 0 Å². The minimum absolute atomic E-state index is 0.0711. The van der Waals surface area contributed by atoms with Gasteiger partial charge in [-0.1, -0.05) is 17.7 Å². The quantitative estimate of drug-likeness (QED) is 0.490. The molecule has 4 rings (SSSR count). The first-order valence-corrected chi connectivity index (χ1v) is 10.1. The van der Waals surface area contributed by atoms with Gasteiger partial charge in [0.25, 0.3) is 5.56 Å². The van der Waals surface area contributed by atoms with Gasteiger partial charge in [-0.2, -0.15) is 4.98 Å². The van der Waals surface area contributed by atoms with Gasteiger partial charge in [0.1, 0.15) is 11.6 Å². The van der Waals surface area contributed by atoms with Crippen molar-refractivity contribution in [2.75, 3.05) is 23.1 Å². The fraction of sp³-hybridized carbons (Fsp3) is 0.217. The molecule has 1 aliphatic heterocycles. The number of rotatable bonds is 5. The summed E-state index contributed by atoms with van der Waals surface area (Å²) in [5, 5.41) is 8.42. The van der Waals surface area contributed by atoms with E-state index in [1.807, 2.05) is 26.0 Å². The molecule has 164 valence electrons. The van der Waals surface area contributed by atoms with Crippen molar-refractivity contribution in [2.24, 2.45) is 0 Å². The first-order valence-electron chi connectivity index (χ1n) is 10.1. The molecule has 2 heterocycles. The van der Waals surface area contributed by atoms with E-state index >= 15 is 0 Å². The monoisotopic (exact) mass is 433 g/mol. The summed E-state index contributed by atoms with van der Waals surface area (Å²) in [5.74, 6) is -0.863. The lowest BCUT2D eigenvalue weighted by Gasteiger charge is -2.24. The molecule has 9 nitrogen and oxygen atoms in total. The summed E-state index contributed by atoms with van der Waals surface area (Å²) >= 11 is 0. The lowest BCUT2D eigenvalue weighted by molar-refractivity contribution is -0.123. The molecule has 2 aromatic carbocycles. The number of carbonyl (C=O) groups is 2. The fourth-order valence-corrected chi connectivity index (χ4v) is 3.64. The Labute approximate surface area is 184 Å². The predicted octanol–water partition coefficient (Wildman–Crippen LogP) is 3.20. The highest BCUT2D eigenvalue weighted by atomic mass is 16.5. The molecular formula is C23H23N5O4. The number of benzene rings is 2. The molecule has 0 fully saturated rings. The zero-order valence-corrected chi connectivity index (χ0v) is 17.9. The summed E-state index contributed by atoms with van der Waals surface area (Å²) in [6, 6.07) is 12.7. The maximum absolute atomic E-state index is 13.0. The molecule has 32 heavy (non-hydrogen) atoms. The molecule has 9 heteroatoms. The number of nitrogens with one attached hydrogen (secondary N) is 4. The third kappa shape index (κ3) is 4.31. The standard InChI is InChI=1S/C23H23N5O4/c1-12-4-9-17(13(2)10-12)25-21(30)16-11-18(29)26-20-19(16)22(31)28-23(27-20)24-14-5-7-15(32-3)8-6-14/h4-10,16H,11H2,1-3H3,(H,25,30)(H3,24,26,27,28,29,31)/t16-/m1/s1. The number of hydrogen-bond donors (Lipinski definition) is 4. The molecule has 0 saturated carbocycles. The third-order valence-corrected chi connectivity index (χ3v) is 5.26. The highest BCUT2D eigenvalue weighted by molar-refractivity contribution is 6.04. The van der Waals surface area contributed by atoms with Crippen LogP contribution in [0, 0.1) is 13.8 Å². The maximum Gasteiger partial charge on any atom is 0.258 e. The molecule has 2 amide bonds. The van der Waals surface area contributed by atoms with Crippen molar-refractivity contribution in [1.82, 2.24) is 9.97 Å². The second kappa shape index (κ2) is 8.54. The van der Waals surface area contributed by atoms with E-state index in [0.29, 0.717) is 17.1 Å². The van der Waals surface area contributed by atoms with Gasteiger partial charge in [-0.3, -0.25) is 19.4 Å². The summed E-state index contributed by atoms with van der Waals surface area (Å²) in [6.45, 7) is 3.85. The molecule has 1 atom stereocenters. The van der Waals surface area contributed by atoms with Crippen molar-refractivity contribution in [3.8, 4) is 5.75 Å². The SMILES string of the molecule is COc1ccc(Nc2nc3c(c(=O)[nH]2)[C@H](C(=O)Nc2ccc(C)cc2C)CC(=O)N3)cc1. The molecule has 0 saturated heterocycles. The van der Waals surface area contributed by atoms with Crippen LogP contribution in [0.25, 0.3) is 0 Å². The minimum Gasteiger partial charge on any atom is -0.497 e. The number of nitrogens with zero attached hydrogens (tertiary/aromatic N) is 1. The van der Waals surface area contributed by atoms with Gasteiger partial charge in [-0.15, -0.1) is 0 Å². The van der Waals surface area contributed by atoms with Crippen LogP contribution >= 0.6 is 0 Å². The third-order valence-electron chi connectivity index (χ3n) is 5.26. The van der Waals surface area contributed by atoms with Crippen molar-refractivity contribution in [3.63, 3.8) is 0 Å². The van der Waals surface area contributed by atoms with E-state index in [1.165, 1.54) is 0 Å². The van der Waals surface area contributed by atoms with Crippen LogP contribution < -0.4 is 26.2 Å². The molecule has 4 N–H and O–H groups in total. The first kappa shape index (κ1) is 21.1. The number of aromatic nitrogens is 2. The van der Waals surface area contributed by atoms with Gasteiger partial charge in [-0.05, 0) is 49.7 Å². The summed E-state index contributed by atoms with van der Waals surface area (Å²) in [6.07, 6.45) is -0.139. The molecule has 0 aliphatic carbocycles. The average molecular weight is 433 g/mol. The first-order chi connectivity index (χ1) is 15.3. The molecule has 1 aliphatic rings. The van der Waals surface area contributed by atoms with Gasteiger partial charge in [-0.25, -0.2) is 0 Å². The van der Waals surface area contributed by atoms with Crippen LogP contribution in [-0.4, -0.2) is 28.9 Å². The van der Waals surface area contributed by atoms with E-state index in [4.69, 9.17) is 4.74 Å². The van der Waals surface area contributed by atoms with Crippen LogP contribution in [0.2, 0.25) is 0 Å². The number of anilines is 4. The topological polar surface area (TPSA) is 125 Å². The van der Waals surface area contributed by atoms with E-state index in [0.717, 1.165) is 11.1 Å². The van der Waals surface area contributed by atoms with Crippen LogP contribution in [0.1, 0.15) is 29.0 Å². The smallest absolute Gasteiger partial charge is 0.258 e. The summed E-state index contributed by atoms with van der Waals surface area (Å²) in [5.41, 5.74) is 2.90. The van der Waals surface area contributed by atoms with Gasteiger partial charge in [0, 0.05) is 17.8 Å². The van der Waals surface area contributed by atoms with E-state index in [1.54, 1.807) is 37.4 Å². The summed E-state index contributed by atoms with van der Waals surface area (Å²) < 4.78 is 5.13. The zero-order chi connectivity index (χ0) is 22.8. The van der Waals surface area contributed by atoms with E-state index in [9.17, 15) is 14.4 Å². The van der Waals surface area contributed by atoms with Gasteiger partial charge >= 0.3 is 0 Å². The van der Waals surface area contributed by atoms with Crippen molar-refractivity contribution in [3.05, 3.63) is 69.5 Å².